The normalized spacial score (nSPS) is 20.0. The Labute approximate surface area is 155 Å². The molecular formula is C21H27FN2O2. The van der Waals surface area contributed by atoms with E-state index in [2.05, 4.69) is 31.0 Å². The highest BCUT2D eigenvalue weighted by Crippen LogP contribution is 2.19. The van der Waals surface area contributed by atoms with Crippen LogP contribution in [0.15, 0.2) is 24.3 Å². The number of piperazine rings is 1. The third-order valence-corrected chi connectivity index (χ3v) is 4.31. The zero-order chi connectivity index (χ0) is 19.3. The summed E-state index contributed by atoms with van der Waals surface area (Å²) in [4.78, 5) is 26.9. The molecule has 2 atom stereocenters. The Kier molecular flexibility index (Phi) is 6.79. The van der Waals surface area contributed by atoms with E-state index in [4.69, 9.17) is 0 Å². The van der Waals surface area contributed by atoms with Crippen LogP contribution >= 0.6 is 0 Å². The number of carbonyl (C=O) groups is 2. The lowest BCUT2D eigenvalue weighted by Crippen LogP contribution is -2.61. The van der Waals surface area contributed by atoms with E-state index in [9.17, 15) is 14.0 Å². The predicted molar refractivity (Wildman–Crippen MR) is 99.6 cm³/mol. The third kappa shape index (κ3) is 5.59. The van der Waals surface area contributed by atoms with Crippen LogP contribution in [-0.4, -0.2) is 35.3 Å². The Morgan fingerprint density at radius 1 is 1.19 bits per heavy atom. The third-order valence-electron chi connectivity index (χ3n) is 4.31. The SMILES string of the molecule is CC(C)CC1CN(C(=O)C#Cc2ccc(F)cc2)[C@@H](CC(C)C)C(=O)N1. The lowest BCUT2D eigenvalue weighted by molar-refractivity contribution is -0.142. The number of amides is 2. The van der Waals surface area contributed by atoms with Gasteiger partial charge in [0.25, 0.3) is 5.91 Å². The average molecular weight is 358 g/mol. The van der Waals surface area contributed by atoms with E-state index in [0.29, 0.717) is 24.4 Å². The molecule has 1 fully saturated rings. The van der Waals surface area contributed by atoms with Crippen molar-refractivity contribution < 1.29 is 14.0 Å². The minimum absolute atomic E-state index is 0.0533. The van der Waals surface area contributed by atoms with Gasteiger partial charge in [-0.1, -0.05) is 33.6 Å². The number of hydrogen-bond acceptors (Lipinski definition) is 2. The summed E-state index contributed by atoms with van der Waals surface area (Å²) in [7, 11) is 0. The molecule has 0 saturated carbocycles. The molecule has 1 unspecified atom stereocenters. The summed E-state index contributed by atoms with van der Waals surface area (Å²) in [5.41, 5.74) is 0.570. The molecule has 0 radical (unpaired) electrons. The monoisotopic (exact) mass is 358 g/mol. The number of nitrogens with zero attached hydrogens (tertiary/aromatic N) is 1. The van der Waals surface area contributed by atoms with E-state index >= 15 is 0 Å². The van der Waals surface area contributed by atoms with Crippen molar-refractivity contribution in [1.82, 2.24) is 10.2 Å². The van der Waals surface area contributed by atoms with Gasteiger partial charge in [-0.25, -0.2) is 4.39 Å². The summed E-state index contributed by atoms with van der Waals surface area (Å²) < 4.78 is 13.0. The first kappa shape index (κ1) is 20.0. The van der Waals surface area contributed by atoms with Gasteiger partial charge in [0.05, 0.1) is 0 Å². The zero-order valence-corrected chi connectivity index (χ0v) is 15.9. The zero-order valence-electron chi connectivity index (χ0n) is 15.9. The molecular weight excluding hydrogens is 331 g/mol. The second-order valence-corrected chi connectivity index (χ2v) is 7.69. The van der Waals surface area contributed by atoms with E-state index < -0.39 is 6.04 Å². The van der Waals surface area contributed by atoms with E-state index in [0.717, 1.165) is 6.42 Å². The molecule has 26 heavy (non-hydrogen) atoms. The second kappa shape index (κ2) is 8.84. The number of halogens is 1. The standard InChI is InChI=1S/C21H27FN2O2/c1-14(2)11-18-13-24(19(12-15(3)4)21(26)23-18)20(25)10-7-16-5-8-17(22)9-6-16/h5-6,8-9,14-15,18-19H,11-13H2,1-4H3,(H,23,26)/t18?,19-/m0/s1. The molecule has 1 aromatic rings. The highest BCUT2D eigenvalue weighted by molar-refractivity contribution is 5.98. The van der Waals surface area contributed by atoms with Crippen molar-refractivity contribution in [2.75, 3.05) is 6.54 Å². The summed E-state index contributed by atoms with van der Waals surface area (Å²) in [5, 5.41) is 3.05. The van der Waals surface area contributed by atoms with Crippen LogP contribution in [0, 0.1) is 29.5 Å². The Balaban J connectivity index is 2.20. The number of hydrogen-bond donors (Lipinski definition) is 1. The van der Waals surface area contributed by atoms with Crippen molar-refractivity contribution >= 4 is 11.8 Å². The van der Waals surface area contributed by atoms with E-state index in [-0.39, 0.29) is 29.6 Å². The first-order chi connectivity index (χ1) is 12.3. The molecule has 2 amide bonds. The molecule has 2 rings (SSSR count). The van der Waals surface area contributed by atoms with Crippen LogP contribution in [0.2, 0.25) is 0 Å². The molecule has 0 spiro atoms. The molecule has 5 heteroatoms. The van der Waals surface area contributed by atoms with Gasteiger partial charge in [0.15, 0.2) is 0 Å². The smallest absolute Gasteiger partial charge is 0.299 e. The largest absolute Gasteiger partial charge is 0.350 e. The first-order valence-electron chi connectivity index (χ1n) is 9.14. The molecule has 4 nitrogen and oxygen atoms in total. The van der Waals surface area contributed by atoms with Gasteiger partial charge in [-0.15, -0.1) is 0 Å². The molecule has 1 heterocycles. The highest BCUT2D eigenvalue weighted by atomic mass is 19.1. The fourth-order valence-electron chi connectivity index (χ4n) is 3.19. The Hall–Kier alpha value is -2.35. The molecule has 1 saturated heterocycles. The van der Waals surface area contributed by atoms with Crippen LogP contribution in [-0.2, 0) is 9.59 Å². The van der Waals surface area contributed by atoms with Crippen LogP contribution in [0.3, 0.4) is 0 Å². The lowest BCUT2D eigenvalue weighted by atomic mass is 9.95. The van der Waals surface area contributed by atoms with Crippen molar-refractivity contribution in [2.24, 2.45) is 11.8 Å². The summed E-state index contributed by atoms with van der Waals surface area (Å²) in [6.45, 7) is 8.71. The summed E-state index contributed by atoms with van der Waals surface area (Å²) in [6.07, 6.45) is 1.42. The fourth-order valence-corrected chi connectivity index (χ4v) is 3.19. The van der Waals surface area contributed by atoms with Crippen LogP contribution in [0.25, 0.3) is 0 Å². The van der Waals surface area contributed by atoms with Gasteiger partial charge in [0.1, 0.15) is 11.9 Å². The second-order valence-electron chi connectivity index (χ2n) is 7.69. The van der Waals surface area contributed by atoms with Gasteiger partial charge in [-0.05, 0) is 48.9 Å². The Morgan fingerprint density at radius 3 is 2.38 bits per heavy atom. The van der Waals surface area contributed by atoms with Gasteiger partial charge in [-0.2, -0.15) is 0 Å². The van der Waals surface area contributed by atoms with Crippen LogP contribution in [0.4, 0.5) is 4.39 Å². The van der Waals surface area contributed by atoms with Crippen molar-refractivity contribution in [3.8, 4) is 11.8 Å². The molecule has 0 aliphatic carbocycles. The molecule has 1 aromatic carbocycles. The molecule has 0 bridgehead atoms. The van der Waals surface area contributed by atoms with Crippen molar-refractivity contribution in [2.45, 2.75) is 52.6 Å². The quantitative estimate of drug-likeness (QED) is 0.842. The number of rotatable bonds is 4. The minimum atomic E-state index is -0.492. The van der Waals surface area contributed by atoms with E-state index in [1.807, 2.05) is 13.8 Å². The van der Waals surface area contributed by atoms with Crippen LogP contribution in [0.1, 0.15) is 46.1 Å². The van der Waals surface area contributed by atoms with E-state index in [1.165, 1.54) is 24.3 Å². The van der Waals surface area contributed by atoms with Crippen LogP contribution < -0.4 is 5.32 Å². The van der Waals surface area contributed by atoms with Gasteiger partial charge < -0.3 is 10.2 Å². The van der Waals surface area contributed by atoms with Gasteiger partial charge >= 0.3 is 0 Å². The molecule has 1 N–H and O–H groups in total. The van der Waals surface area contributed by atoms with E-state index in [1.54, 1.807) is 4.90 Å². The number of benzene rings is 1. The number of carbonyl (C=O) groups excluding carboxylic acids is 2. The molecule has 0 aromatic heterocycles. The number of nitrogens with one attached hydrogen (secondary N) is 1. The van der Waals surface area contributed by atoms with Crippen molar-refractivity contribution in [3.05, 3.63) is 35.6 Å². The molecule has 140 valence electrons. The van der Waals surface area contributed by atoms with Gasteiger partial charge in [0, 0.05) is 24.1 Å². The van der Waals surface area contributed by atoms with Gasteiger partial charge in [0.2, 0.25) is 5.91 Å². The highest BCUT2D eigenvalue weighted by Gasteiger charge is 2.37. The molecule has 1 aliphatic rings. The fraction of sp³-hybridized carbons (Fsp3) is 0.524. The predicted octanol–water partition coefficient (Wildman–Crippen LogP) is 2.97. The maximum atomic E-state index is 13.0. The summed E-state index contributed by atoms with van der Waals surface area (Å²) in [6, 6.07) is 5.14. The Bertz CT molecular complexity index is 701. The molecule has 1 aliphatic heterocycles. The maximum absolute atomic E-state index is 13.0. The summed E-state index contributed by atoms with van der Waals surface area (Å²) in [5.74, 6) is 5.29. The topological polar surface area (TPSA) is 49.4 Å². The minimum Gasteiger partial charge on any atom is -0.350 e. The lowest BCUT2D eigenvalue weighted by Gasteiger charge is -2.39. The first-order valence-corrected chi connectivity index (χ1v) is 9.14. The van der Waals surface area contributed by atoms with Crippen molar-refractivity contribution in [3.63, 3.8) is 0 Å². The summed E-state index contributed by atoms with van der Waals surface area (Å²) >= 11 is 0. The van der Waals surface area contributed by atoms with Crippen molar-refractivity contribution in [1.29, 1.82) is 0 Å². The Morgan fingerprint density at radius 2 is 1.81 bits per heavy atom. The maximum Gasteiger partial charge on any atom is 0.299 e. The van der Waals surface area contributed by atoms with Crippen LogP contribution in [0.5, 0.6) is 0 Å². The average Bonchev–Trinajstić information content (AvgIpc) is 2.55. The van der Waals surface area contributed by atoms with Gasteiger partial charge in [-0.3, -0.25) is 9.59 Å².